The molecule has 0 aromatic carbocycles. The number of thioether (sulfide) groups is 1. The van der Waals surface area contributed by atoms with Gasteiger partial charge in [0.05, 0.1) is 0 Å². The summed E-state index contributed by atoms with van der Waals surface area (Å²) in [6.45, 7) is 4.87. The average molecular weight is 310 g/mol. The van der Waals surface area contributed by atoms with Gasteiger partial charge in [-0.15, -0.1) is 0 Å². The number of carbonyl (C=O) groups excluding carboxylic acids is 2. The molecule has 2 aliphatic carbocycles. The molecule has 4 nitrogen and oxygen atoms in total. The van der Waals surface area contributed by atoms with Crippen LogP contribution in [0.5, 0.6) is 0 Å². The van der Waals surface area contributed by atoms with Crippen molar-refractivity contribution in [3.05, 3.63) is 0 Å². The van der Waals surface area contributed by atoms with Crippen molar-refractivity contribution < 1.29 is 9.59 Å². The van der Waals surface area contributed by atoms with Gasteiger partial charge in [0.15, 0.2) is 0 Å². The Bertz CT molecular complexity index is 434. The maximum atomic E-state index is 12.9. The summed E-state index contributed by atoms with van der Waals surface area (Å²) in [6, 6.07) is -0.247. The third kappa shape index (κ3) is 2.81. The van der Waals surface area contributed by atoms with Crippen molar-refractivity contribution in [2.24, 2.45) is 11.8 Å². The van der Waals surface area contributed by atoms with Gasteiger partial charge >= 0.3 is 0 Å². The molecule has 0 spiro atoms. The van der Waals surface area contributed by atoms with Crippen LogP contribution in [0, 0.1) is 11.8 Å². The summed E-state index contributed by atoms with van der Waals surface area (Å²) in [5.41, 5.74) is -0.598. The highest BCUT2D eigenvalue weighted by molar-refractivity contribution is 7.99. The number of piperazine rings is 1. The maximum Gasteiger partial charge on any atom is 0.246 e. The molecule has 1 aliphatic heterocycles. The second kappa shape index (κ2) is 5.82. The van der Waals surface area contributed by atoms with Gasteiger partial charge in [-0.25, -0.2) is 0 Å². The maximum absolute atomic E-state index is 12.9. The first kappa shape index (κ1) is 15.2. The first-order chi connectivity index (χ1) is 10.1. The fraction of sp³-hybridized carbons (Fsp3) is 0.875. The lowest BCUT2D eigenvalue weighted by atomic mass is 9.87. The Kier molecular flexibility index (Phi) is 4.21. The van der Waals surface area contributed by atoms with Gasteiger partial charge in [0.1, 0.15) is 11.6 Å². The lowest BCUT2D eigenvalue weighted by Gasteiger charge is -2.47. The Morgan fingerprint density at radius 2 is 2.00 bits per heavy atom. The summed E-state index contributed by atoms with van der Waals surface area (Å²) in [6.07, 6.45) is 5.29. The molecule has 2 saturated carbocycles. The molecule has 2 unspecified atom stereocenters. The zero-order chi connectivity index (χ0) is 15.0. The van der Waals surface area contributed by atoms with E-state index in [1.807, 2.05) is 23.6 Å². The highest BCUT2D eigenvalue weighted by Gasteiger charge is 2.58. The number of carbonyl (C=O) groups is 2. The highest BCUT2D eigenvalue weighted by atomic mass is 32.2. The van der Waals surface area contributed by atoms with E-state index in [2.05, 4.69) is 12.2 Å². The van der Waals surface area contributed by atoms with Gasteiger partial charge in [0.2, 0.25) is 11.8 Å². The Hall–Kier alpha value is -0.710. The average Bonchev–Trinajstić information content (AvgIpc) is 3.32. The Morgan fingerprint density at radius 1 is 1.29 bits per heavy atom. The zero-order valence-corrected chi connectivity index (χ0v) is 13.9. The molecule has 3 aliphatic rings. The third-order valence-electron chi connectivity index (χ3n) is 5.18. The van der Waals surface area contributed by atoms with Crippen molar-refractivity contribution in [3.8, 4) is 0 Å². The molecule has 3 rings (SSSR count). The lowest BCUT2D eigenvalue weighted by Crippen LogP contribution is -2.71. The van der Waals surface area contributed by atoms with Crippen LogP contribution in [0.25, 0.3) is 0 Å². The number of nitrogens with zero attached hydrogens (tertiary/aromatic N) is 1. The van der Waals surface area contributed by atoms with E-state index in [0.717, 1.165) is 50.2 Å². The molecule has 0 aromatic heterocycles. The minimum atomic E-state index is -0.598. The first-order valence-electron chi connectivity index (χ1n) is 8.29. The van der Waals surface area contributed by atoms with Crippen molar-refractivity contribution >= 4 is 23.6 Å². The van der Waals surface area contributed by atoms with E-state index in [0.29, 0.717) is 11.8 Å². The van der Waals surface area contributed by atoms with Crippen LogP contribution < -0.4 is 5.32 Å². The van der Waals surface area contributed by atoms with Gasteiger partial charge in [0, 0.05) is 6.54 Å². The topological polar surface area (TPSA) is 49.4 Å². The van der Waals surface area contributed by atoms with Gasteiger partial charge < -0.3 is 10.2 Å². The van der Waals surface area contributed by atoms with Gasteiger partial charge in [-0.05, 0) is 62.4 Å². The molecule has 1 N–H and O–H groups in total. The molecule has 3 fully saturated rings. The predicted molar refractivity (Wildman–Crippen MR) is 85.1 cm³/mol. The van der Waals surface area contributed by atoms with Crippen LogP contribution in [0.2, 0.25) is 0 Å². The normalized spacial score (nSPS) is 33.2. The number of rotatable bonds is 7. The molecule has 5 heteroatoms. The van der Waals surface area contributed by atoms with E-state index >= 15 is 0 Å². The first-order valence-corrected chi connectivity index (χ1v) is 9.44. The molecule has 0 radical (unpaired) electrons. The largest absolute Gasteiger partial charge is 0.342 e. The van der Waals surface area contributed by atoms with Gasteiger partial charge in [-0.2, -0.15) is 11.8 Å². The van der Waals surface area contributed by atoms with Crippen LogP contribution in [-0.4, -0.2) is 46.3 Å². The fourth-order valence-corrected chi connectivity index (χ4v) is 4.10. The smallest absolute Gasteiger partial charge is 0.246 e. The third-order valence-corrected chi connectivity index (χ3v) is 6.16. The Labute approximate surface area is 131 Å². The number of amides is 2. The van der Waals surface area contributed by atoms with Crippen LogP contribution in [0.15, 0.2) is 0 Å². The van der Waals surface area contributed by atoms with Crippen LogP contribution in [0.3, 0.4) is 0 Å². The minimum absolute atomic E-state index is 0.0876. The summed E-state index contributed by atoms with van der Waals surface area (Å²) in [5, 5.41) is 3.04. The summed E-state index contributed by atoms with van der Waals surface area (Å²) < 4.78 is 0. The SMILES string of the molecule is CCSCCCN1C(=O)C(C2CC2)NC(=O)C1(C)C1CC1. The summed E-state index contributed by atoms with van der Waals surface area (Å²) >= 11 is 1.90. The van der Waals surface area contributed by atoms with Crippen LogP contribution in [-0.2, 0) is 9.59 Å². The van der Waals surface area contributed by atoms with Gasteiger partial charge in [-0.1, -0.05) is 6.92 Å². The number of nitrogens with one attached hydrogen (secondary N) is 1. The zero-order valence-electron chi connectivity index (χ0n) is 13.1. The van der Waals surface area contributed by atoms with Crippen LogP contribution in [0.1, 0.15) is 46.0 Å². The second-order valence-corrected chi connectivity index (χ2v) is 8.14. The van der Waals surface area contributed by atoms with Crippen molar-refractivity contribution in [1.29, 1.82) is 0 Å². The summed E-state index contributed by atoms with van der Waals surface area (Å²) in [7, 11) is 0. The highest BCUT2D eigenvalue weighted by Crippen LogP contribution is 2.46. The molecule has 1 saturated heterocycles. The van der Waals surface area contributed by atoms with E-state index in [9.17, 15) is 9.59 Å². The minimum Gasteiger partial charge on any atom is -0.342 e. The van der Waals surface area contributed by atoms with Crippen molar-refractivity contribution in [3.63, 3.8) is 0 Å². The van der Waals surface area contributed by atoms with Crippen molar-refractivity contribution in [2.75, 3.05) is 18.1 Å². The molecule has 21 heavy (non-hydrogen) atoms. The number of hydrogen-bond acceptors (Lipinski definition) is 3. The Morgan fingerprint density at radius 3 is 2.57 bits per heavy atom. The Balaban J connectivity index is 1.74. The van der Waals surface area contributed by atoms with E-state index in [-0.39, 0.29) is 17.9 Å². The lowest BCUT2D eigenvalue weighted by molar-refractivity contribution is -0.158. The number of hydrogen-bond donors (Lipinski definition) is 1. The van der Waals surface area contributed by atoms with E-state index < -0.39 is 5.54 Å². The van der Waals surface area contributed by atoms with Crippen molar-refractivity contribution in [2.45, 2.75) is 57.5 Å². The van der Waals surface area contributed by atoms with Crippen LogP contribution >= 0.6 is 11.8 Å². The summed E-state index contributed by atoms with van der Waals surface area (Å²) in [5.74, 6) is 3.19. The molecule has 0 bridgehead atoms. The molecule has 2 atom stereocenters. The van der Waals surface area contributed by atoms with E-state index in [4.69, 9.17) is 0 Å². The molecule has 1 heterocycles. The second-order valence-electron chi connectivity index (χ2n) is 6.75. The standard InChI is InChI=1S/C16H26N2O2S/c1-3-21-10-4-9-18-14(19)13(11-5-6-11)17-15(20)16(18,2)12-7-8-12/h11-13H,3-10H2,1-2H3,(H,17,20). The fourth-order valence-electron chi connectivity index (χ4n) is 3.48. The van der Waals surface area contributed by atoms with Gasteiger partial charge in [-0.3, -0.25) is 9.59 Å². The van der Waals surface area contributed by atoms with E-state index in [1.165, 1.54) is 0 Å². The quantitative estimate of drug-likeness (QED) is 0.732. The van der Waals surface area contributed by atoms with Gasteiger partial charge in [0.25, 0.3) is 0 Å². The molecular formula is C16H26N2O2S. The van der Waals surface area contributed by atoms with E-state index in [1.54, 1.807) is 0 Å². The molecule has 2 amide bonds. The van der Waals surface area contributed by atoms with Crippen LogP contribution in [0.4, 0.5) is 0 Å². The molecule has 0 aromatic rings. The van der Waals surface area contributed by atoms with Crippen molar-refractivity contribution in [1.82, 2.24) is 10.2 Å². The monoisotopic (exact) mass is 310 g/mol. The summed E-state index contributed by atoms with van der Waals surface area (Å²) in [4.78, 5) is 27.5. The predicted octanol–water partition coefficient (Wildman–Crippen LogP) is 2.04. The molecular weight excluding hydrogens is 284 g/mol. The molecule has 118 valence electrons.